The van der Waals surface area contributed by atoms with E-state index in [1.54, 1.807) is 0 Å². The maximum Gasteiger partial charge on any atom is 0.337 e. The molecule has 0 radical (unpaired) electrons. The number of benzene rings is 1. The summed E-state index contributed by atoms with van der Waals surface area (Å²) in [5.41, 5.74) is -0.0469. The van der Waals surface area contributed by atoms with E-state index in [9.17, 15) is 4.79 Å². The van der Waals surface area contributed by atoms with E-state index in [4.69, 9.17) is 33.0 Å². The van der Waals surface area contributed by atoms with Gasteiger partial charge in [0.1, 0.15) is 5.75 Å². The zero-order valence-corrected chi connectivity index (χ0v) is 10.3. The van der Waals surface area contributed by atoms with Crippen LogP contribution < -0.4 is 4.74 Å². The summed E-state index contributed by atoms with van der Waals surface area (Å²) < 4.78 is 5.35. The van der Waals surface area contributed by atoms with Crippen molar-refractivity contribution in [2.24, 2.45) is 0 Å². The number of hydrogen-bond donors (Lipinski definition) is 1. The molecule has 0 aliphatic carbocycles. The van der Waals surface area contributed by atoms with E-state index >= 15 is 0 Å². The summed E-state index contributed by atoms with van der Waals surface area (Å²) in [6.07, 6.45) is 1.43. The normalized spacial score (nSPS) is 10.1. The lowest BCUT2D eigenvalue weighted by molar-refractivity contribution is 0.0696. The molecule has 2 aromatic rings. The SMILES string of the molecule is O=C(O)c1cc(Oc2ccnc(Cl)n2)ccc1Cl. The minimum Gasteiger partial charge on any atom is -0.478 e. The molecular weight excluding hydrogens is 279 g/mol. The van der Waals surface area contributed by atoms with Gasteiger partial charge in [-0.25, -0.2) is 9.78 Å². The van der Waals surface area contributed by atoms with Crippen LogP contribution in [-0.4, -0.2) is 21.0 Å². The van der Waals surface area contributed by atoms with Crippen LogP contribution in [0.25, 0.3) is 0 Å². The van der Waals surface area contributed by atoms with Crippen LogP contribution in [0.5, 0.6) is 11.6 Å². The van der Waals surface area contributed by atoms with Crippen molar-refractivity contribution in [2.45, 2.75) is 0 Å². The topological polar surface area (TPSA) is 72.3 Å². The average molecular weight is 285 g/mol. The molecular formula is C11H6Cl2N2O3. The summed E-state index contributed by atoms with van der Waals surface area (Å²) in [5, 5.41) is 9.09. The molecule has 0 unspecified atom stereocenters. The first-order valence-electron chi connectivity index (χ1n) is 4.75. The molecule has 1 aromatic heterocycles. The quantitative estimate of drug-likeness (QED) is 0.876. The predicted molar refractivity (Wildman–Crippen MR) is 65.5 cm³/mol. The van der Waals surface area contributed by atoms with E-state index in [0.29, 0.717) is 5.75 Å². The minimum atomic E-state index is -1.13. The number of hydrogen-bond acceptors (Lipinski definition) is 4. The van der Waals surface area contributed by atoms with E-state index in [1.165, 1.54) is 30.5 Å². The summed E-state index contributed by atoms with van der Waals surface area (Å²) in [5.74, 6) is -0.619. The first kappa shape index (κ1) is 12.6. The first-order valence-corrected chi connectivity index (χ1v) is 5.51. The minimum absolute atomic E-state index is 0.0416. The fourth-order valence-electron chi connectivity index (χ4n) is 1.23. The molecule has 5 nitrogen and oxygen atoms in total. The summed E-state index contributed by atoms with van der Waals surface area (Å²) in [4.78, 5) is 18.4. The van der Waals surface area contributed by atoms with Crippen LogP contribution in [0.4, 0.5) is 0 Å². The molecule has 0 fully saturated rings. The van der Waals surface area contributed by atoms with E-state index in [-0.39, 0.29) is 21.7 Å². The second-order valence-corrected chi connectivity index (χ2v) is 3.96. The van der Waals surface area contributed by atoms with Gasteiger partial charge in [0.25, 0.3) is 0 Å². The molecule has 0 aliphatic rings. The lowest BCUT2D eigenvalue weighted by Gasteiger charge is -2.06. The third kappa shape index (κ3) is 2.88. The maximum absolute atomic E-state index is 10.9. The molecule has 0 atom stereocenters. The highest BCUT2D eigenvalue weighted by Crippen LogP contribution is 2.25. The second-order valence-electron chi connectivity index (χ2n) is 3.21. The van der Waals surface area contributed by atoms with Crippen molar-refractivity contribution in [1.82, 2.24) is 9.97 Å². The highest BCUT2D eigenvalue weighted by atomic mass is 35.5. The monoisotopic (exact) mass is 284 g/mol. The van der Waals surface area contributed by atoms with Gasteiger partial charge in [0.15, 0.2) is 0 Å². The van der Waals surface area contributed by atoms with Crippen LogP contribution in [-0.2, 0) is 0 Å². The van der Waals surface area contributed by atoms with Gasteiger partial charge in [0.05, 0.1) is 10.6 Å². The Morgan fingerprint density at radius 1 is 1.28 bits per heavy atom. The fraction of sp³-hybridized carbons (Fsp3) is 0. The van der Waals surface area contributed by atoms with Crippen molar-refractivity contribution in [3.63, 3.8) is 0 Å². The number of halogens is 2. The van der Waals surface area contributed by atoms with Crippen molar-refractivity contribution in [3.05, 3.63) is 46.3 Å². The molecule has 7 heteroatoms. The number of carbonyl (C=O) groups is 1. The van der Waals surface area contributed by atoms with Gasteiger partial charge < -0.3 is 9.84 Å². The Labute approximate surface area is 112 Å². The third-order valence-corrected chi connectivity index (χ3v) is 2.50. The number of aromatic nitrogens is 2. The van der Waals surface area contributed by atoms with Crippen LogP contribution in [0.1, 0.15) is 10.4 Å². The van der Waals surface area contributed by atoms with Crippen LogP contribution in [0.3, 0.4) is 0 Å². The molecule has 0 bridgehead atoms. The van der Waals surface area contributed by atoms with E-state index in [0.717, 1.165) is 0 Å². The van der Waals surface area contributed by atoms with Gasteiger partial charge in [0.2, 0.25) is 11.2 Å². The largest absolute Gasteiger partial charge is 0.478 e. The van der Waals surface area contributed by atoms with Gasteiger partial charge in [-0.2, -0.15) is 4.98 Å². The van der Waals surface area contributed by atoms with Crippen LogP contribution >= 0.6 is 23.2 Å². The molecule has 2 rings (SSSR count). The van der Waals surface area contributed by atoms with Crippen molar-refractivity contribution >= 4 is 29.2 Å². The molecule has 92 valence electrons. The number of ether oxygens (including phenoxy) is 1. The maximum atomic E-state index is 10.9. The molecule has 1 N–H and O–H groups in total. The van der Waals surface area contributed by atoms with E-state index in [1.807, 2.05) is 0 Å². The van der Waals surface area contributed by atoms with Crippen LogP contribution in [0.2, 0.25) is 10.3 Å². The predicted octanol–water partition coefficient (Wildman–Crippen LogP) is 3.27. The molecule has 0 saturated heterocycles. The van der Waals surface area contributed by atoms with Crippen molar-refractivity contribution in [2.75, 3.05) is 0 Å². The van der Waals surface area contributed by atoms with Crippen molar-refractivity contribution in [3.8, 4) is 11.6 Å². The Morgan fingerprint density at radius 2 is 2.06 bits per heavy atom. The Morgan fingerprint density at radius 3 is 2.72 bits per heavy atom. The number of nitrogens with zero attached hydrogens (tertiary/aromatic N) is 2. The fourth-order valence-corrected chi connectivity index (χ4v) is 1.57. The standard InChI is InChI=1S/C11H6Cl2N2O3/c12-8-2-1-6(5-7(8)10(16)17)18-9-3-4-14-11(13)15-9/h1-5H,(H,16,17). The van der Waals surface area contributed by atoms with Crippen LogP contribution in [0, 0.1) is 0 Å². The molecule has 0 spiro atoms. The summed E-state index contributed by atoms with van der Waals surface area (Å²) >= 11 is 11.3. The third-order valence-electron chi connectivity index (χ3n) is 1.99. The summed E-state index contributed by atoms with van der Waals surface area (Å²) in [7, 11) is 0. The summed E-state index contributed by atoms with van der Waals surface area (Å²) in [6.45, 7) is 0. The zero-order valence-electron chi connectivity index (χ0n) is 8.80. The Hall–Kier alpha value is -1.85. The van der Waals surface area contributed by atoms with Gasteiger partial charge in [0, 0.05) is 12.3 Å². The molecule has 1 aromatic carbocycles. The molecule has 0 amide bonds. The van der Waals surface area contributed by atoms with E-state index < -0.39 is 5.97 Å². The van der Waals surface area contributed by atoms with Gasteiger partial charge >= 0.3 is 5.97 Å². The molecule has 18 heavy (non-hydrogen) atoms. The van der Waals surface area contributed by atoms with Gasteiger partial charge in [-0.15, -0.1) is 0 Å². The number of aromatic carboxylic acids is 1. The average Bonchev–Trinajstić information content (AvgIpc) is 2.31. The Kier molecular flexibility index (Phi) is 3.64. The number of carboxylic acids is 1. The molecule has 0 aliphatic heterocycles. The van der Waals surface area contributed by atoms with Gasteiger partial charge in [-0.1, -0.05) is 11.6 Å². The van der Waals surface area contributed by atoms with Crippen molar-refractivity contribution < 1.29 is 14.6 Å². The van der Waals surface area contributed by atoms with Crippen molar-refractivity contribution in [1.29, 1.82) is 0 Å². The molecule has 0 saturated carbocycles. The lowest BCUT2D eigenvalue weighted by Crippen LogP contribution is -1.98. The second kappa shape index (κ2) is 5.20. The van der Waals surface area contributed by atoms with Crippen LogP contribution in [0.15, 0.2) is 30.5 Å². The van der Waals surface area contributed by atoms with E-state index in [2.05, 4.69) is 9.97 Å². The highest BCUT2D eigenvalue weighted by molar-refractivity contribution is 6.33. The Balaban J connectivity index is 2.30. The van der Waals surface area contributed by atoms with Gasteiger partial charge in [-0.3, -0.25) is 0 Å². The first-order chi connectivity index (χ1) is 8.56. The smallest absolute Gasteiger partial charge is 0.337 e. The number of carboxylic acid groups (broad SMARTS) is 1. The molecule has 1 heterocycles. The highest BCUT2D eigenvalue weighted by Gasteiger charge is 2.10. The summed E-state index contributed by atoms with van der Waals surface area (Å²) in [6, 6.07) is 5.77. The number of rotatable bonds is 3. The zero-order chi connectivity index (χ0) is 13.1. The Bertz CT molecular complexity index is 605. The van der Waals surface area contributed by atoms with Gasteiger partial charge in [-0.05, 0) is 29.8 Å². The lowest BCUT2D eigenvalue weighted by atomic mass is 10.2.